The minimum Gasteiger partial charge on any atom is -0.385 e. The summed E-state index contributed by atoms with van der Waals surface area (Å²) in [5.74, 6) is 1.48. The van der Waals surface area contributed by atoms with Gasteiger partial charge in [-0.2, -0.15) is 0 Å². The summed E-state index contributed by atoms with van der Waals surface area (Å²) in [5.41, 5.74) is 0. The van der Waals surface area contributed by atoms with Crippen LogP contribution < -0.4 is 5.32 Å². The molecule has 1 N–H and O–H groups in total. The van der Waals surface area contributed by atoms with Crippen molar-refractivity contribution in [2.24, 2.45) is 11.8 Å². The Labute approximate surface area is 76.7 Å². The summed E-state index contributed by atoms with van der Waals surface area (Å²) in [5, 5.41) is 3.44. The third-order valence-corrected chi connectivity index (χ3v) is 1.86. The van der Waals surface area contributed by atoms with Gasteiger partial charge in [-0.05, 0) is 31.3 Å². The van der Waals surface area contributed by atoms with Gasteiger partial charge in [-0.3, -0.25) is 0 Å². The minimum absolute atomic E-state index is 0.726. The first-order chi connectivity index (χ1) is 5.66. The molecule has 0 aromatic heterocycles. The highest BCUT2D eigenvalue weighted by Gasteiger charge is 2.01. The smallest absolute Gasteiger partial charge is 0.0465 e. The van der Waals surface area contributed by atoms with Crippen LogP contribution in [0.25, 0.3) is 0 Å². The first-order valence-electron chi connectivity index (χ1n) is 4.86. The highest BCUT2D eigenvalue weighted by Crippen LogP contribution is 1.99. The standard InChI is InChI=1S/C10H23NO/c1-9(2)7-11-8-10(3)5-6-12-4/h9-11H,5-8H2,1-4H3. The third kappa shape index (κ3) is 8.02. The summed E-state index contributed by atoms with van der Waals surface area (Å²) >= 11 is 0. The van der Waals surface area contributed by atoms with Gasteiger partial charge < -0.3 is 10.1 Å². The molecule has 0 heterocycles. The van der Waals surface area contributed by atoms with Gasteiger partial charge in [-0.15, -0.1) is 0 Å². The van der Waals surface area contributed by atoms with E-state index < -0.39 is 0 Å². The van der Waals surface area contributed by atoms with E-state index in [9.17, 15) is 0 Å². The zero-order valence-corrected chi connectivity index (χ0v) is 8.89. The molecular formula is C10H23NO. The van der Waals surface area contributed by atoms with E-state index in [4.69, 9.17) is 4.74 Å². The van der Waals surface area contributed by atoms with Gasteiger partial charge in [0.05, 0.1) is 0 Å². The van der Waals surface area contributed by atoms with Gasteiger partial charge in [0.25, 0.3) is 0 Å². The summed E-state index contributed by atoms with van der Waals surface area (Å²) in [6, 6.07) is 0. The Morgan fingerprint density at radius 2 is 1.83 bits per heavy atom. The molecule has 0 saturated carbocycles. The van der Waals surface area contributed by atoms with Crippen LogP contribution in [-0.2, 0) is 4.74 Å². The lowest BCUT2D eigenvalue weighted by Crippen LogP contribution is -2.25. The second-order valence-electron chi connectivity index (χ2n) is 3.94. The molecule has 0 fully saturated rings. The number of rotatable bonds is 7. The summed E-state index contributed by atoms with van der Waals surface area (Å²) in [6.45, 7) is 9.83. The van der Waals surface area contributed by atoms with Gasteiger partial charge in [-0.25, -0.2) is 0 Å². The number of hydrogen-bond acceptors (Lipinski definition) is 2. The van der Waals surface area contributed by atoms with E-state index in [1.807, 2.05) is 0 Å². The molecular weight excluding hydrogens is 150 g/mol. The predicted molar refractivity (Wildman–Crippen MR) is 53.4 cm³/mol. The van der Waals surface area contributed by atoms with Crippen molar-refractivity contribution in [1.82, 2.24) is 5.32 Å². The molecule has 2 heteroatoms. The predicted octanol–water partition coefficient (Wildman–Crippen LogP) is 1.90. The summed E-state index contributed by atoms with van der Waals surface area (Å²) < 4.78 is 5.01. The van der Waals surface area contributed by atoms with Gasteiger partial charge in [0.15, 0.2) is 0 Å². The molecule has 12 heavy (non-hydrogen) atoms. The second-order valence-corrected chi connectivity index (χ2v) is 3.94. The third-order valence-electron chi connectivity index (χ3n) is 1.86. The molecule has 1 unspecified atom stereocenters. The summed E-state index contributed by atoms with van der Waals surface area (Å²) in [4.78, 5) is 0. The molecule has 0 aromatic rings. The quantitative estimate of drug-likeness (QED) is 0.635. The SMILES string of the molecule is COCCC(C)CNCC(C)C. The van der Waals surface area contributed by atoms with Crippen LogP contribution in [0.2, 0.25) is 0 Å². The molecule has 0 radical (unpaired) electrons. The number of nitrogens with one attached hydrogen (secondary N) is 1. The van der Waals surface area contributed by atoms with Crippen molar-refractivity contribution in [3.8, 4) is 0 Å². The van der Waals surface area contributed by atoms with E-state index in [-0.39, 0.29) is 0 Å². The van der Waals surface area contributed by atoms with Crippen molar-refractivity contribution in [2.75, 3.05) is 26.8 Å². The van der Waals surface area contributed by atoms with Crippen LogP contribution in [0.3, 0.4) is 0 Å². The molecule has 1 atom stereocenters. The van der Waals surface area contributed by atoms with Crippen molar-refractivity contribution < 1.29 is 4.74 Å². The van der Waals surface area contributed by atoms with Crippen LogP contribution in [0.1, 0.15) is 27.2 Å². The van der Waals surface area contributed by atoms with Crippen LogP contribution in [0.5, 0.6) is 0 Å². The van der Waals surface area contributed by atoms with Crippen molar-refractivity contribution in [3.05, 3.63) is 0 Å². The Hall–Kier alpha value is -0.0800. The number of hydrogen-bond donors (Lipinski definition) is 1. The van der Waals surface area contributed by atoms with E-state index in [0.717, 1.165) is 38.0 Å². The topological polar surface area (TPSA) is 21.3 Å². The van der Waals surface area contributed by atoms with Gasteiger partial charge >= 0.3 is 0 Å². The lowest BCUT2D eigenvalue weighted by Gasteiger charge is -2.13. The fraction of sp³-hybridized carbons (Fsp3) is 1.00. The minimum atomic E-state index is 0.726. The zero-order chi connectivity index (χ0) is 9.40. The molecule has 2 nitrogen and oxygen atoms in total. The van der Waals surface area contributed by atoms with Crippen LogP contribution in [0.15, 0.2) is 0 Å². The van der Waals surface area contributed by atoms with Gasteiger partial charge in [0.2, 0.25) is 0 Å². The van der Waals surface area contributed by atoms with Crippen LogP contribution in [0.4, 0.5) is 0 Å². The molecule has 74 valence electrons. The molecule has 0 aromatic carbocycles. The average molecular weight is 173 g/mol. The highest BCUT2D eigenvalue weighted by molar-refractivity contribution is 4.57. The van der Waals surface area contributed by atoms with Crippen LogP contribution in [-0.4, -0.2) is 26.8 Å². The molecule has 0 aliphatic rings. The fourth-order valence-corrected chi connectivity index (χ4v) is 1.04. The molecule has 0 bridgehead atoms. The van der Waals surface area contributed by atoms with Gasteiger partial charge in [-0.1, -0.05) is 20.8 Å². The van der Waals surface area contributed by atoms with E-state index in [0.29, 0.717) is 0 Å². The molecule has 0 saturated heterocycles. The van der Waals surface area contributed by atoms with E-state index in [2.05, 4.69) is 26.1 Å². The molecule has 0 spiro atoms. The summed E-state index contributed by atoms with van der Waals surface area (Å²) in [6.07, 6.45) is 1.15. The van der Waals surface area contributed by atoms with E-state index in [1.165, 1.54) is 0 Å². The fourth-order valence-electron chi connectivity index (χ4n) is 1.04. The lowest BCUT2D eigenvalue weighted by atomic mass is 10.1. The van der Waals surface area contributed by atoms with Crippen LogP contribution in [0, 0.1) is 11.8 Å². The first kappa shape index (κ1) is 11.9. The largest absolute Gasteiger partial charge is 0.385 e. The lowest BCUT2D eigenvalue weighted by molar-refractivity contribution is 0.179. The maximum atomic E-state index is 5.01. The average Bonchev–Trinajstić information content (AvgIpc) is 2.00. The van der Waals surface area contributed by atoms with Gasteiger partial charge in [0.1, 0.15) is 0 Å². The van der Waals surface area contributed by atoms with Crippen molar-refractivity contribution in [3.63, 3.8) is 0 Å². The Balaban J connectivity index is 3.13. The number of methoxy groups -OCH3 is 1. The monoisotopic (exact) mass is 173 g/mol. The Kier molecular flexibility index (Phi) is 7.51. The first-order valence-corrected chi connectivity index (χ1v) is 4.86. The molecule has 0 amide bonds. The Morgan fingerprint density at radius 1 is 1.17 bits per heavy atom. The van der Waals surface area contributed by atoms with Gasteiger partial charge in [0, 0.05) is 13.7 Å². The second kappa shape index (κ2) is 7.56. The van der Waals surface area contributed by atoms with Crippen molar-refractivity contribution in [1.29, 1.82) is 0 Å². The molecule has 0 aliphatic heterocycles. The highest BCUT2D eigenvalue weighted by atomic mass is 16.5. The van der Waals surface area contributed by atoms with E-state index in [1.54, 1.807) is 7.11 Å². The summed E-state index contributed by atoms with van der Waals surface area (Å²) in [7, 11) is 1.76. The normalized spacial score (nSPS) is 13.8. The molecule has 0 aliphatic carbocycles. The van der Waals surface area contributed by atoms with Crippen molar-refractivity contribution in [2.45, 2.75) is 27.2 Å². The Bertz CT molecular complexity index is 93.8. The number of ether oxygens (including phenoxy) is 1. The molecule has 0 rings (SSSR count). The van der Waals surface area contributed by atoms with E-state index >= 15 is 0 Å². The van der Waals surface area contributed by atoms with Crippen molar-refractivity contribution >= 4 is 0 Å². The zero-order valence-electron chi connectivity index (χ0n) is 8.89. The van der Waals surface area contributed by atoms with Crippen LogP contribution >= 0.6 is 0 Å². The maximum Gasteiger partial charge on any atom is 0.0465 e. The maximum absolute atomic E-state index is 5.01. The Morgan fingerprint density at radius 3 is 2.33 bits per heavy atom.